The monoisotopic (exact) mass is 688 g/mol. The number of ketones is 1. The van der Waals surface area contributed by atoms with Crippen molar-refractivity contribution in [2.75, 3.05) is 17.3 Å². The third-order valence-electron chi connectivity index (χ3n) is 5.53. The van der Waals surface area contributed by atoms with Gasteiger partial charge in [-0.15, -0.1) is 10.3 Å². The Balaban J connectivity index is 6.93. The number of Topliss-reactive ketones (excluding diaryl/α,β-unsaturated/α-hetero) is 1. The van der Waals surface area contributed by atoms with Crippen LogP contribution >= 0.6 is 10.3 Å². The lowest BCUT2D eigenvalue weighted by Crippen LogP contribution is -2.75. The van der Waals surface area contributed by atoms with Crippen molar-refractivity contribution in [2.24, 2.45) is 0 Å². The number of rotatable bonds is 16. The van der Waals surface area contributed by atoms with E-state index in [0.29, 0.717) is 6.42 Å². The Bertz CT molecular complexity index is 1030. The van der Waals surface area contributed by atoms with Gasteiger partial charge < -0.3 is 0 Å². The summed E-state index contributed by atoms with van der Waals surface area (Å²) in [5.74, 6) is -55.7. The third-order valence-corrected chi connectivity index (χ3v) is 11.2. The molecule has 0 rings (SSSR count). The highest BCUT2D eigenvalue weighted by Gasteiger charge is 2.96. The lowest BCUT2D eigenvalue weighted by Gasteiger charge is -2.43. The average Bonchev–Trinajstić information content (AvgIpc) is 2.80. The van der Waals surface area contributed by atoms with Gasteiger partial charge in [0.25, 0.3) is 0 Å². The van der Waals surface area contributed by atoms with E-state index >= 15 is 0 Å². The highest BCUT2D eigenvalue weighted by molar-refractivity contribution is 8.33. The second-order valence-electron chi connectivity index (χ2n) is 8.31. The van der Waals surface area contributed by atoms with Gasteiger partial charge in [-0.1, -0.05) is 27.2 Å². The zero-order chi connectivity index (χ0) is 33.5. The molecular formula is C18H21F17O4S2. The van der Waals surface area contributed by atoms with Crippen LogP contribution in [0.1, 0.15) is 40.0 Å². The predicted molar refractivity (Wildman–Crippen MR) is 109 cm³/mol. The van der Waals surface area contributed by atoms with Crippen molar-refractivity contribution in [1.82, 2.24) is 0 Å². The number of hydrogen-bond donors (Lipinski definition) is 0. The number of carbonyl (C=O) groups excluding carboxylic acids is 1. The molecule has 0 atom stereocenters. The summed E-state index contributed by atoms with van der Waals surface area (Å²) in [5.41, 5.74) is 0. The SMILES string of the molecule is CCCCC(=O)CS(CC)(CC)OS(=O)(=O)C(F)(F)C(F)(F)C(F)(F)C(F)(F)C(F)(F)C(F)(F)C(F)(F)C(F)(F)F. The molecule has 0 bridgehead atoms. The van der Waals surface area contributed by atoms with Crippen LogP contribution in [-0.4, -0.2) is 78.4 Å². The third kappa shape index (κ3) is 6.21. The lowest BCUT2D eigenvalue weighted by atomic mass is 9.91. The molecule has 0 aromatic carbocycles. The van der Waals surface area contributed by atoms with Gasteiger partial charge in [-0.05, 0) is 17.9 Å². The molecule has 0 aliphatic rings. The van der Waals surface area contributed by atoms with Gasteiger partial charge in [-0.25, -0.2) is 3.63 Å². The molecule has 0 aromatic rings. The Morgan fingerprint density at radius 1 is 0.585 bits per heavy atom. The van der Waals surface area contributed by atoms with E-state index in [1.807, 2.05) is 0 Å². The highest BCUT2D eigenvalue weighted by Crippen LogP contribution is 2.65. The summed E-state index contributed by atoms with van der Waals surface area (Å²) in [6.07, 6.45) is -7.80. The number of unbranched alkanes of at least 4 members (excludes halogenated alkanes) is 1. The van der Waals surface area contributed by atoms with E-state index in [4.69, 9.17) is 0 Å². The van der Waals surface area contributed by atoms with Crippen LogP contribution in [0.4, 0.5) is 74.6 Å². The molecule has 0 N–H and O–H groups in total. The fourth-order valence-electron chi connectivity index (χ4n) is 2.81. The maximum atomic E-state index is 14.3. The Morgan fingerprint density at radius 3 is 1.24 bits per heavy atom. The second-order valence-corrected chi connectivity index (χ2v) is 13.7. The van der Waals surface area contributed by atoms with Crippen LogP contribution in [0.2, 0.25) is 0 Å². The van der Waals surface area contributed by atoms with Gasteiger partial charge in [0.15, 0.2) is 0 Å². The largest absolute Gasteiger partial charge is 0.460 e. The van der Waals surface area contributed by atoms with Gasteiger partial charge >= 0.3 is 57.1 Å². The molecule has 0 aliphatic carbocycles. The van der Waals surface area contributed by atoms with E-state index in [0.717, 1.165) is 13.8 Å². The van der Waals surface area contributed by atoms with Crippen molar-refractivity contribution in [1.29, 1.82) is 0 Å². The van der Waals surface area contributed by atoms with Crippen LogP contribution in [0.15, 0.2) is 0 Å². The Labute approximate surface area is 222 Å². The van der Waals surface area contributed by atoms with Crippen molar-refractivity contribution in [3.63, 3.8) is 0 Å². The molecule has 0 fully saturated rings. The molecule has 0 aliphatic heterocycles. The fourth-order valence-corrected chi connectivity index (χ4v) is 7.62. The Kier molecular flexibility index (Phi) is 11.3. The van der Waals surface area contributed by atoms with Gasteiger partial charge in [0.2, 0.25) is 0 Å². The van der Waals surface area contributed by atoms with E-state index in [2.05, 4.69) is 3.63 Å². The number of halogens is 17. The molecule has 0 amide bonds. The summed E-state index contributed by atoms with van der Waals surface area (Å²) in [7, 11) is -11.6. The zero-order valence-electron chi connectivity index (χ0n) is 20.6. The first-order valence-corrected chi connectivity index (χ1v) is 14.2. The summed E-state index contributed by atoms with van der Waals surface area (Å²) in [5, 5.41) is -7.76. The van der Waals surface area contributed by atoms with Crippen molar-refractivity contribution < 1.29 is 91.5 Å². The molecule has 4 nitrogen and oxygen atoms in total. The summed E-state index contributed by atoms with van der Waals surface area (Å²) in [6, 6.07) is 0. The quantitative estimate of drug-likeness (QED) is 0.155. The predicted octanol–water partition coefficient (Wildman–Crippen LogP) is 7.82. The number of carbonyl (C=O) groups is 1. The standard InChI is InChI=1S/C18H21F17O4S2/c1-4-7-8-10(36)9-40(5-2,6-3)39-41(37,38)18(34,35)16(29,30)14(25,26)12(21,22)11(19,20)13(23,24)15(27,28)17(31,32)33/h4-9H2,1-3H3. The first-order chi connectivity index (χ1) is 17.8. The molecule has 23 heteroatoms. The van der Waals surface area contributed by atoms with Crippen LogP contribution in [0.5, 0.6) is 0 Å². The minimum Gasteiger partial charge on any atom is -0.299 e. The van der Waals surface area contributed by atoms with E-state index in [9.17, 15) is 87.8 Å². The maximum absolute atomic E-state index is 14.3. The number of alkyl halides is 17. The van der Waals surface area contributed by atoms with Gasteiger partial charge in [-0.3, -0.25) is 4.79 Å². The molecule has 41 heavy (non-hydrogen) atoms. The molecule has 0 radical (unpaired) electrons. The summed E-state index contributed by atoms with van der Waals surface area (Å²) in [4.78, 5) is 12.0. The van der Waals surface area contributed by atoms with Crippen molar-refractivity contribution in [2.45, 2.75) is 87.0 Å². The summed E-state index contributed by atoms with van der Waals surface area (Å²) >= 11 is 0. The minimum absolute atomic E-state index is 0.121. The fraction of sp³-hybridized carbons (Fsp3) is 0.944. The average molecular weight is 688 g/mol. The van der Waals surface area contributed by atoms with Gasteiger partial charge in [0.05, 0.1) is 5.75 Å². The van der Waals surface area contributed by atoms with Gasteiger partial charge in [-0.2, -0.15) is 83.1 Å². The van der Waals surface area contributed by atoms with Crippen LogP contribution in [0.25, 0.3) is 0 Å². The van der Waals surface area contributed by atoms with Crippen LogP contribution in [0.3, 0.4) is 0 Å². The molecule has 0 saturated heterocycles. The Hall–Kier alpha value is -1.26. The van der Waals surface area contributed by atoms with Gasteiger partial charge in [0, 0.05) is 6.42 Å². The first kappa shape index (κ1) is 39.7. The normalized spacial score (nSPS) is 16.2. The minimum atomic E-state index is -8.92. The van der Waals surface area contributed by atoms with Crippen LogP contribution < -0.4 is 0 Å². The zero-order valence-corrected chi connectivity index (χ0v) is 22.3. The lowest BCUT2D eigenvalue weighted by molar-refractivity contribution is -0.458. The van der Waals surface area contributed by atoms with Crippen molar-refractivity contribution >= 4 is 26.2 Å². The molecular weight excluding hydrogens is 667 g/mol. The second kappa shape index (κ2) is 11.7. The van der Waals surface area contributed by atoms with Crippen LogP contribution in [0, 0.1) is 0 Å². The molecule has 248 valence electrons. The van der Waals surface area contributed by atoms with E-state index in [1.165, 1.54) is 0 Å². The summed E-state index contributed by atoms with van der Waals surface area (Å²) in [6.45, 7) is 3.39. The van der Waals surface area contributed by atoms with Crippen molar-refractivity contribution in [3.05, 3.63) is 0 Å². The number of hydrogen-bond acceptors (Lipinski definition) is 4. The molecule has 0 spiro atoms. The maximum Gasteiger partial charge on any atom is 0.460 e. The van der Waals surface area contributed by atoms with E-state index in [-0.39, 0.29) is 12.8 Å². The first-order valence-electron chi connectivity index (χ1n) is 10.7. The topological polar surface area (TPSA) is 60.4 Å². The Morgan fingerprint density at radius 2 is 0.927 bits per heavy atom. The summed E-state index contributed by atoms with van der Waals surface area (Å²) < 4.78 is 256. The molecule has 0 unspecified atom stereocenters. The molecule has 0 heterocycles. The smallest absolute Gasteiger partial charge is 0.299 e. The van der Waals surface area contributed by atoms with Gasteiger partial charge in [0.1, 0.15) is 5.78 Å². The van der Waals surface area contributed by atoms with E-state index < -0.39 is 90.4 Å². The highest BCUT2D eigenvalue weighted by atomic mass is 32.3. The molecule has 0 saturated carbocycles. The van der Waals surface area contributed by atoms with Crippen LogP contribution in [-0.2, 0) is 18.5 Å². The van der Waals surface area contributed by atoms with Crippen molar-refractivity contribution in [3.8, 4) is 0 Å². The van der Waals surface area contributed by atoms with E-state index in [1.54, 1.807) is 6.92 Å². The molecule has 0 aromatic heterocycles.